The van der Waals surface area contributed by atoms with E-state index in [9.17, 15) is 9.90 Å². The molecule has 0 atom stereocenters. The van der Waals surface area contributed by atoms with E-state index in [2.05, 4.69) is 0 Å². The molecule has 17 heavy (non-hydrogen) atoms. The summed E-state index contributed by atoms with van der Waals surface area (Å²) in [5, 5.41) is 9.85. The smallest absolute Gasteiger partial charge is 0.410 e. The van der Waals surface area contributed by atoms with Crippen LogP contribution in [-0.4, -0.2) is 40.4 Å². The average Bonchev–Trinajstić information content (AvgIpc) is 2.14. The topological polar surface area (TPSA) is 49.8 Å². The van der Waals surface area contributed by atoms with Crippen molar-refractivity contribution in [3.8, 4) is 0 Å². The number of hydrogen-bond donors (Lipinski definition) is 1. The highest BCUT2D eigenvalue weighted by molar-refractivity contribution is 5.68. The van der Waals surface area contributed by atoms with E-state index in [0.29, 0.717) is 19.5 Å². The highest BCUT2D eigenvalue weighted by Crippen LogP contribution is 2.23. The first kappa shape index (κ1) is 14.0. The minimum Gasteiger partial charge on any atom is -0.444 e. The van der Waals surface area contributed by atoms with E-state index < -0.39 is 11.2 Å². The fourth-order valence-corrected chi connectivity index (χ4v) is 1.72. The number of hydrogen-bond acceptors (Lipinski definition) is 3. The molecule has 0 spiro atoms. The summed E-state index contributed by atoms with van der Waals surface area (Å²) in [4.78, 5) is 13.4. The van der Waals surface area contributed by atoms with Crippen LogP contribution in [0, 0.1) is 0 Å². The van der Waals surface area contributed by atoms with Crippen LogP contribution in [0.25, 0.3) is 0 Å². The Bertz CT molecular complexity index is 321. The Hall–Kier alpha value is -1.03. The van der Waals surface area contributed by atoms with Crippen molar-refractivity contribution in [2.24, 2.45) is 0 Å². The van der Waals surface area contributed by atoms with Crippen molar-refractivity contribution in [3.63, 3.8) is 0 Å². The molecule has 0 saturated heterocycles. The first-order valence-electron chi connectivity index (χ1n) is 5.99. The van der Waals surface area contributed by atoms with Gasteiger partial charge in [-0.05, 0) is 46.6 Å². The Kier molecular flexibility index (Phi) is 3.87. The van der Waals surface area contributed by atoms with Crippen molar-refractivity contribution in [1.29, 1.82) is 0 Å². The maximum Gasteiger partial charge on any atom is 0.410 e. The summed E-state index contributed by atoms with van der Waals surface area (Å²) >= 11 is 0. The largest absolute Gasteiger partial charge is 0.444 e. The summed E-state index contributed by atoms with van der Waals surface area (Å²) in [5.74, 6) is 0. The zero-order valence-electron chi connectivity index (χ0n) is 11.4. The van der Waals surface area contributed by atoms with E-state index >= 15 is 0 Å². The van der Waals surface area contributed by atoms with Crippen LogP contribution in [0.2, 0.25) is 0 Å². The summed E-state index contributed by atoms with van der Waals surface area (Å²) in [6.45, 7) is 10.2. The van der Waals surface area contributed by atoms with Gasteiger partial charge in [0, 0.05) is 13.1 Å². The molecule has 0 bridgehead atoms. The molecule has 0 saturated carbocycles. The lowest BCUT2D eigenvalue weighted by Crippen LogP contribution is -2.41. The van der Waals surface area contributed by atoms with Gasteiger partial charge in [0.1, 0.15) is 5.60 Å². The molecule has 1 N–H and O–H groups in total. The first-order valence-corrected chi connectivity index (χ1v) is 5.99. The monoisotopic (exact) mass is 241 g/mol. The van der Waals surface area contributed by atoms with E-state index in [-0.39, 0.29) is 6.09 Å². The molecule has 98 valence electrons. The molecule has 0 aromatic heterocycles. The second-order valence-electron chi connectivity index (χ2n) is 5.96. The van der Waals surface area contributed by atoms with Gasteiger partial charge in [0.15, 0.2) is 0 Å². The summed E-state index contributed by atoms with van der Waals surface area (Å²) < 4.78 is 5.29. The third-order valence-electron chi connectivity index (χ3n) is 2.65. The van der Waals surface area contributed by atoms with Gasteiger partial charge in [-0.15, -0.1) is 0 Å². The van der Waals surface area contributed by atoms with Crippen LogP contribution in [0.1, 0.15) is 41.0 Å². The maximum atomic E-state index is 11.8. The highest BCUT2D eigenvalue weighted by Gasteiger charge is 2.27. The van der Waals surface area contributed by atoms with Gasteiger partial charge < -0.3 is 14.7 Å². The zero-order valence-corrected chi connectivity index (χ0v) is 11.4. The lowest BCUT2D eigenvalue weighted by Gasteiger charge is -2.32. The minimum absolute atomic E-state index is 0.288. The van der Waals surface area contributed by atoms with Crippen molar-refractivity contribution >= 4 is 6.09 Å². The summed E-state index contributed by atoms with van der Waals surface area (Å²) in [6.07, 6.45) is 2.32. The van der Waals surface area contributed by atoms with Crippen molar-refractivity contribution in [2.75, 3.05) is 13.1 Å². The molecule has 0 fully saturated rings. The van der Waals surface area contributed by atoms with Crippen molar-refractivity contribution in [3.05, 3.63) is 11.6 Å². The zero-order chi connectivity index (χ0) is 13.3. The van der Waals surface area contributed by atoms with Crippen LogP contribution in [0.15, 0.2) is 11.6 Å². The van der Waals surface area contributed by atoms with Gasteiger partial charge in [-0.1, -0.05) is 6.08 Å². The van der Waals surface area contributed by atoms with E-state index in [1.807, 2.05) is 26.8 Å². The Morgan fingerprint density at radius 2 is 1.94 bits per heavy atom. The minimum atomic E-state index is -0.792. The molecule has 1 rings (SSSR count). The van der Waals surface area contributed by atoms with Crippen LogP contribution in [0.3, 0.4) is 0 Å². The molecule has 0 radical (unpaired) electrons. The highest BCUT2D eigenvalue weighted by atomic mass is 16.6. The third kappa shape index (κ3) is 4.38. The number of rotatable bonds is 1. The Morgan fingerprint density at radius 1 is 1.35 bits per heavy atom. The Balaban J connectivity index is 2.58. The van der Waals surface area contributed by atoms with E-state index in [4.69, 9.17) is 4.74 Å². The van der Waals surface area contributed by atoms with Crippen LogP contribution in [0.4, 0.5) is 4.79 Å². The Morgan fingerprint density at radius 3 is 2.29 bits per heavy atom. The molecular formula is C13H23NO3. The molecule has 1 heterocycles. The van der Waals surface area contributed by atoms with Gasteiger partial charge in [-0.2, -0.15) is 0 Å². The first-order chi connectivity index (χ1) is 7.59. The summed E-state index contributed by atoms with van der Waals surface area (Å²) in [5.41, 5.74) is -0.269. The SMILES string of the molecule is CC(C)(C)OC(=O)N1CC=C(C(C)(C)O)CC1. The molecule has 1 amide bonds. The fourth-order valence-electron chi connectivity index (χ4n) is 1.72. The van der Waals surface area contributed by atoms with Crippen LogP contribution in [0.5, 0.6) is 0 Å². The molecule has 4 heteroatoms. The van der Waals surface area contributed by atoms with E-state index in [0.717, 1.165) is 5.57 Å². The van der Waals surface area contributed by atoms with Gasteiger partial charge in [0.25, 0.3) is 0 Å². The molecule has 0 aromatic carbocycles. The van der Waals surface area contributed by atoms with E-state index in [1.165, 1.54) is 0 Å². The fraction of sp³-hybridized carbons (Fsp3) is 0.769. The molecule has 1 aliphatic heterocycles. The number of aliphatic hydroxyl groups is 1. The van der Waals surface area contributed by atoms with Gasteiger partial charge in [0.2, 0.25) is 0 Å². The molecular weight excluding hydrogens is 218 g/mol. The second-order valence-corrected chi connectivity index (χ2v) is 5.96. The molecule has 1 aliphatic rings. The second kappa shape index (κ2) is 4.69. The Labute approximate surface area is 103 Å². The normalized spacial score (nSPS) is 17.8. The predicted molar refractivity (Wildman–Crippen MR) is 66.8 cm³/mol. The summed E-state index contributed by atoms with van der Waals surface area (Å²) in [7, 11) is 0. The summed E-state index contributed by atoms with van der Waals surface area (Å²) in [6, 6.07) is 0. The number of amides is 1. The number of carbonyl (C=O) groups is 1. The molecule has 0 unspecified atom stereocenters. The van der Waals surface area contributed by atoms with Crippen LogP contribution in [-0.2, 0) is 4.74 Å². The number of nitrogens with zero attached hydrogens (tertiary/aromatic N) is 1. The quantitative estimate of drug-likeness (QED) is 0.717. The van der Waals surface area contributed by atoms with Gasteiger partial charge in [-0.3, -0.25) is 0 Å². The standard InChI is InChI=1S/C13H23NO3/c1-12(2,3)17-11(15)14-8-6-10(7-9-14)13(4,5)16/h6,16H,7-9H2,1-5H3. The third-order valence-corrected chi connectivity index (χ3v) is 2.65. The average molecular weight is 241 g/mol. The lowest BCUT2D eigenvalue weighted by molar-refractivity contribution is 0.0249. The van der Waals surface area contributed by atoms with Crippen LogP contribution < -0.4 is 0 Å². The molecule has 0 aliphatic carbocycles. The van der Waals surface area contributed by atoms with Crippen molar-refractivity contribution in [2.45, 2.75) is 52.2 Å². The van der Waals surface area contributed by atoms with Crippen LogP contribution >= 0.6 is 0 Å². The number of carbonyl (C=O) groups excluding carboxylic acids is 1. The molecule has 4 nitrogen and oxygen atoms in total. The maximum absolute atomic E-state index is 11.8. The van der Waals surface area contributed by atoms with Gasteiger partial charge in [-0.25, -0.2) is 4.79 Å². The lowest BCUT2D eigenvalue weighted by atomic mass is 9.93. The number of ether oxygens (including phenoxy) is 1. The van der Waals surface area contributed by atoms with Gasteiger partial charge >= 0.3 is 6.09 Å². The van der Waals surface area contributed by atoms with Crippen molar-refractivity contribution < 1.29 is 14.6 Å². The van der Waals surface area contributed by atoms with E-state index in [1.54, 1.807) is 18.7 Å². The van der Waals surface area contributed by atoms with Gasteiger partial charge in [0.05, 0.1) is 5.60 Å². The molecule has 0 aromatic rings. The van der Waals surface area contributed by atoms with Crippen molar-refractivity contribution in [1.82, 2.24) is 4.90 Å². The predicted octanol–water partition coefficient (Wildman–Crippen LogP) is 2.32.